The van der Waals surface area contributed by atoms with Crippen molar-refractivity contribution in [1.82, 2.24) is 9.29 Å². The van der Waals surface area contributed by atoms with Gasteiger partial charge in [-0.1, -0.05) is 6.07 Å². The fourth-order valence-electron chi connectivity index (χ4n) is 2.13. The SMILES string of the molecule is COc1ccc(S(=O)(=O)N(C)CCc2ccccn2)cc1C. The van der Waals surface area contributed by atoms with Crippen LogP contribution in [-0.2, 0) is 16.4 Å². The predicted molar refractivity (Wildman–Crippen MR) is 85.5 cm³/mol. The molecule has 0 spiro atoms. The second kappa shape index (κ2) is 6.89. The summed E-state index contributed by atoms with van der Waals surface area (Å²) in [6, 6.07) is 10.5. The molecule has 0 aliphatic carbocycles. The van der Waals surface area contributed by atoms with Gasteiger partial charge in [-0.2, -0.15) is 0 Å². The molecule has 22 heavy (non-hydrogen) atoms. The number of benzene rings is 1. The third-order valence-corrected chi connectivity index (χ3v) is 5.34. The number of ether oxygens (including phenoxy) is 1. The van der Waals surface area contributed by atoms with E-state index in [-0.39, 0.29) is 4.90 Å². The third kappa shape index (κ3) is 3.64. The van der Waals surface area contributed by atoms with Crippen LogP contribution < -0.4 is 4.74 Å². The second-order valence-electron chi connectivity index (χ2n) is 5.03. The lowest BCUT2D eigenvalue weighted by atomic mass is 10.2. The molecule has 0 aliphatic heterocycles. The Morgan fingerprint density at radius 2 is 2.00 bits per heavy atom. The monoisotopic (exact) mass is 320 g/mol. The average Bonchev–Trinajstić information content (AvgIpc) is 2.53. The molecule has 1 heterocycles. The zero-order valence-electron chi connectivity index (χ0n) is 13.0. The lowest BCUT2D eigenvalue weighted by Crippen LogP contribution is -2.29. The molecule has 0 saturated heterocycles. The van der Waals surface area contributed by atoms with Gasteiger partial charge in [-0.15, -0.1) is 0 Å². The maximum absolute atomic E-state index is 12.6. The summed E-state index contributed by atoms with van der Waals surface area (Å²) in [6.07, 6.45) is 2.28. The van der Waals surface area contributed by atoms with Gasteiger partial charge >= 0.3 is 0 Å². The first-order valence-electron chi connectivity index (χ1n) is 6.96. The van der Waals surface area contributed by atoms with Gasteiger partial charge in [-0.3, -0.25) is 4.98 Å². The Morgan fingerprint density at radius 3 is 2.59 bits per heavy atom. The molecule has 0 amide bonds. The predicted octanol–water partition coefficient (Wildman–Crippen LogP) is 2.26. The maximum atomic E-state index is 12.6. The van der Waals surface area contributed by atoms with Gasteiger partial charge in [0, 0.05) is 31.9 Å². The van der Waals surface area contributed by atoms with Crippen LogP contribution in [0, 0.1) is 6.92 Å². The minimum Gasteiger partial charge on any atom is -0.496 e. The summed E-state index contributed by atoms with van der Waals surface area (Å²) in [7, 11) is -0.360. The maximum Gasteiger partial charge on any atom is 0.242 e. The highest BCUT2D eigenvalue weighted by Crippen LogP contribution is 2.23. The Bertz CT molecular complexity index is 730. The molecule has 1 aromatic carbocycles. The molecular formula is C16H20N2O3S. The lowest BCUT2D eigenvalue weighted by molar-refractivity contribution is 0.411. The van der Waals surface area contributed by atoms with Crippen molar-refractivity contribution in [2.24, 2.45) is 0 Å². The molecule has 0 saturated carbocycles. The highest BCUT2D eigenvalue weighted by Gasteiger charge is 2.21. The Labute approximate surface area is 131 Å². The second-order valence-corrected chi connectivity index (χ2v) is 7.07. The van der Waals surface area contributed by atoms with E-state index in [4.69, 9.17) is 4.74 Å². The van der Waals surface area contributed by atoms with Crippen molar-refractivity contribution in [3.8, 4) is 5.75 Å². The van der Waals surface area contributed by atoms with Crippen LogP contribution in [0.15, 0.2) is 47.5 Å². The zero-order valence-corrected chi connectivity index (χ0v) is 13.8. The van der Waals surface area contributed by atoms with E-state index in [1.807, 2.05) is 25.1 Å². The number of sulfonamides is 1. The topological polar surface area (TPSA) is 59.5 Å². The van der Waals surface area contributed by atoms with E-state index < -0.39 is 10.0 Å². The number of rotatable bonds is 6. The van der Waals surface area contributed by atoms with Gasteiger partial charge in [-0.05, 0) is 42.8 Å². The smallest absolute Gasteiger partial charge is 0.242 e. The highest BCUT2D eigenvalue weighted by atomic mass is 32.2. The number of aryl methyl sites for hydroxylation is 1. The van der Waals surface area contributed by atoms with Gasteiger partial charge in [0.1, 0.15) is 5.75 Å². The van der Waals surface area contributed by atoms with Crippen molar-refractivity contribution < 1.29 is 13.2 Å². The van der Waals surface area contributed by atoms with Crippen molar-refractivity contribution >= 4 is 10.0 Å². The Kier molecular flexibility index (Phi) is 5.15. The summed E-state index contributed by atoms with van der Waals surface area (Å²) in [5.41, 5.74) is 1.66. The number of nitrogens with zero attached hydrogens (tertiary/aromatic N) is 2. The first-order valence-corrected chi connectivity index (χ1v) is 8.40. The van der Waals surface area contributed by atoms with Crippen LogP contribution in [0.1, 0.15) is 11.3 Å². The summed E-state index contributed by atoms with van der Waals surface area (Å²) >= 11 is 0. The Balaban J connectivity index is 2.13. The van der Waals surface area contributed by atoms with Crippen LogP contribution in [0.25, 0.3) is 0 Å². The molecule has 118 valence electrons. The van der Waals surface area contributed by atoms with E-state index >= 15 is 0 Å². The number of hydrogen-bond donors (Lipinski definition) is 0. The van der Waals surface area contributed by atoms with E-state index in [1.54, 1.807) is 38.6 Å². The number of pyridine rings is 1. The number of aromatic nitrogens is 1. The molecular weight excluding hydrogens is 300 g/mol. The standard InChI is InChI=1S/C16H20N2O3S/c1-13-12-15(7-8-16(13)21-3)22(19,20)18(2)11-9-14-6-4-5-10-17-14/h4-8,10,12H,9,11H2,1-3H3. The molecule has 6 heteroatoms. The Hall–Kier alpha value is -1.92. The van der Waals surface area contributed by atoms with Crippen LogP contribution in [0.5, 0.6) is 5.75 Å². The summed E-state index contributed by atoms with van der Waals surface area (Å²) in [5.74, 6) is 0.676. The molecule has 0 N–H and O–H groups in total. The molecule has 0 radical (unpaired) electrons. The van der Waals surface area contributed by atoms with Gasteiger partial charge in [-0.25, -0.2) is 12.7 Å². The van der Waals surface area contributed by atoms with Crippen molar-refractivity contribution in [2.75, 3.05) is 20.7 Å². The first kappa shape index (κ1) is 16.5. The van der Waals surface area contributed by atoms with E-state index in [0.717, 1.165) is 11.3 Å². The normalized spacial score (nSPS) is 11.6. The van der Waals surface area contributed by atoms with Crippen LogP contribution in [0.4, 0.5) is 0 Å². The molecule has 0 bridgehead atoms. The van der Waals surface area contributed by atoms with Crippen molar-refractivity contribution in [3.05, 3.63) is 53.9 Å². The summed E-state index contributed by atoms with van der Waals surface area (Å²) in [5, 5.41) is 0. The summed E-state index contributed by atoms with van der Waals surface area (Å²) in [4.78, 5) is 4.48. The van der Waals surface area contributed by atoms with Gasteiger partial charge in [0.15, 0.2) is 0 Å². The van der Waals surface area contributed by atoms with Crippen LogP contribution in [0.2, 0.25) is 0 Å². The van der Waals surface area contributed by atoms with Gasteiger partial charge in [0.25, 0.3) is 0 Å². The van der Waals surface area contributed by atoms with Crippen LogP contribution >= 0.6 is 0 Å². The zero-order chi connectivity index (χ0) is 16.2. The minimum absolute atomic E-state index is 0.273. The van der Waals surface area contributed by atoms with E-state index in [1.165, 1.54) is 4.31 Å². The molecule has 1 aromatic heterocycles. The quantitative estimate of drug-likeness (QED) is 0.819. The largest absolute Gasteiger partial charge is 0.496 e. The number of likely N-dealkylation sites (N-methyl/N-ethyl adjacent to an activating group) is 1. The molecule has 5 nitrogen and oxygen atoms in total. The van der Waals surface area contributed by atoms with Crippen LogP contribution in [-0.4, -0.2) is 38.4 Å². The molecule has 2 aromatic rings. The summed E-state index contributed by atoms with van der Waals surface area (Å²) < 4.78 is 31.7. The van der Waals surface area contributed by atoms with Gasteiger partial charge < -0.3 is 4.74 Å². The highest BCUT2D eigenvalue weighted by molar-refractivity contribution is 7.89. The fourth-order valence-corrected chi connectivity index (χ4v) is 3.39. The molecule has 0 atom stereocenters. The summed E-state index contributed by atoms with van der Waals surface area (Å²) in [6.45, 7) is 2.20. The van der Waals surface area contributed by atoms with Gasteiger partial charge in [0.2, 0.25) is 10.0 Å². The lowest BCUT2D eigenvalue weighted by Gasteiger charge is -2.17. The third-order valence-electron chi connectivity index (χ3n) is 3.48. The molecule has 0 unspecified atom stereocenters. The average molecular weight is 320 g/mol. The Morgan fingerprint density at radius 1 is 1.23 bits per heavy atom. The van der Waals surface area contributed by atoms with Crippen molar-refractivity contribution in [2.45, 2.75) is 18.2 Å². The van der Waals surface area contributed by atoms with E-state index in [2.05, 4.69) is 4.98 Å². The molecule has 2 rings (SSSR count). The van der Waals surface area contributed by atoms with Crippen LogP contribution in [0.3, 0.4) is 0 Å². The van der Waals surface area contributed by atoms with E-state index in [9.17, 15) is 8.42 Å². The fraction of sp³-hybridized carbons (Fsp3) is 0.312. The first-order chi connectivity index (χ1) is 10.4. The van der Waals surface area contributed by atoms with E-state index in [0.29, 0.717) is 18.7 Å². The number of methoxy groups -OCH3 is 1. The minimum atomic E-state index is -3.51. The van der Waals surface area contributed by atoms with Gasteiger partial charge in [0.05, 0.1) is 12.0 Å². The van der Waals surface area contributed by atoms with Crippen molar-refractivity contribution in [1.29, 1.82) is 0 Å². The molecule has 0 aliphatic rings. The number of hydrogen-bond acceptors (Lipinski definition) is 4. The van der Waals surface area contributed by atoms with Crippen molar-refractivity contribution in [3.63, 3.8) is 0 Å². The molecule has 0 fully saturated rings.